The van der Waals surface area contributed by atoms with Crippen molar-refractivity contribution in [3.63, 3.8) is 0 Å². The Morgan fingerprint density at radius 3 is 2.71 bits per heavy atom. The van der Waals surface area contributed by atoms with E-state index in [0.29, 0.717) is 24.2 Å². The van der Waals surface area contributed by atoms with Crippen molar-refractivity contribution in [2.75, 3.05) is 7.11 Å². The van der Waals surface area contributed by atoms with Crippen molar-refractivity contribution in [1.82, 2.24) is 10.3 Å². The highest BCUT2D eigenvalue weighted by molar-refractivity contribution is 9.10. The fraction of sp³-hybridized carbons (Fsp3) is 0.312. The van der Waals surface area contributed by atoms with Crippen LogP contribution in [0.4, 0.5) is 0 Å². The van der Waals surface area contributed by atoms with Crippen molar-refractivity contribution in [2.24, 2.45) is 0 Å². The number of halogens is 1. The van der Waals surface area contributed by atoms with Crippen LogP contribution in [-0.4, -0.2) is 18.1 Å². The van der Waals surface area contributed by atoms with E-state index in [0.717, 1.165) is 15.8 Å². The topological polar surface area (TPSA) is 43.4 Å². The number of nitrogens with one attached hydrogen (secondary N) is 1. The van der Waals surface area contributed by atoms with Gasteiger partial charge in [0.25, 0.3) is 0 Å². The van der Waals surface area contributed by atoms with Crippen molar-refractivity contribution in [3.8, 4) is 17.4 Å². The van der Waals surface area contributed by atoms with E-state index in [2.05, 4.69) is 40.1 Å². The number of nitrogens with zero attached hydrogens (tertiary/aromatic N) is 1. The highest BCUT2D eigenvalue weighted by Gasteiger charge is 2.09. The first-order valence-corrected chi connectivity index (χ1v) is 7.57. The van der Waals surface area contributed by atoms with Crippen molar-refractivity contribution < 1.29 is 9.47 Å². The van der Waals surface area contributed by atoms with E-state index in [9.17, 15) is 0 Å². The molecule has 1 heterocycles. The summed E-state index contributed by atoms with van der Waals surface area (Å²) in [4.78, 5) is 4.36. The van der Waals surface area contributed by atoms with Crippen LogP contribution < -0.4 is 14.8 Å². The molecule has 0 saturated carbocycles. The molecular weight excluding hydrogens is 332 g/mol. The fourth-order valence-corrected chi connectivity index (χ4v) is 2.16. The zero-order valence-electron chi connectivity index (χ0n) is 12.4. The number of hydrogen-bond acceptors (Lipinski definition) is 4. The molecule has 0 radical (unpaired) electrons. The zero-order chi connectivity index (χ0) is 15.2. The molecule has 1 aromatic heterocycles. The number of aromatic nitrogens is 1. The molecule has 4 nitrogen and oxygen atoms in total. The Bertz CT molecular complexity index is 603. The minimum atomic E-state index is 0.397. The SMILES string of the molecule is COc1cccc(Oc2ncc(Br)cc2CNC(C)C)c1. The molecule has 0 aliphatic heterocycles. The lowest BCUT2D eigenvalue weighted by molar-refractivity contribution is 0.406. The van der Waals surface area contributed by atoms with Crippen LogP contribution in [0.25, 0.3) is 0 Å². The van der Waals surface area contributed by atoms with Crippen LogP contribution in [-0.2, 0) is 6.54 Å². The van der Waals surface area contributed by atoms with Crippen LogP contribution in [0.15, 0.2) is 41.0 Å². The summed E-state index contributed by atoms with van der Waals surface area (Å²) in [6.07, 6.45) is 1.73. The number of hydrogen-bond donors (Lipinski definition) is 1. The Hall–Kier alpha value is -1.59. The van der Waals surface area contributed by atoms with Crippen LogP contribution in [0.3, 0.4) is 0 Å². The summed E-state index contributed by atoms with van der Waals surface area (Å²) >= 11 is 3.45. The van der Waals surface area contributed by atoms with Gasteiger partial charge in [-0.25, -0.2) is 4.98 Å². The summed E-state index contributed by atoms with van der Waals surface area (Å²) in [5.74, 6) is 2.06. The van der Waals surface area contributed by atoms with Crippen LogP contribution in [0.1, 0.15) is 19.4 Å². The molecule has 0 aliphatic carbocycles. The fourth-order valence-electron chi connectivity index (χ4n) is 1.78. The van der Waals surface area contributed by atoms with Gasteiger partial charge in [0.05, 0.1) is 7.11 Å². The second-order valence-electron chi connectivity index (χ2n) is 4.93. The lowest BCUT2D eigenvalue weighted by Crippen LogP contribution is -2.22. The molecule has 1 N–H and O–H groups in total. The molecule has 0 amide bonds. The minimum absolute atomic E-state index is 0.397. The number of pyridine rings is 1. The first-order chi connectivity index (χ1) is 10.1. The molecule has 0 spiro atoms. The third kappa shape index (κ3) is 4.72. The van der Waals surface area contributed by atoms with Gasteiger partial charge in [0, 0.05) is 34.9 Å². The van der Waals surface area contributed by atoms with Crippen LogP contribution in [0.5, 0.6) is 17.4 Å². The van der Waals surface area contributed by atoms with Gasteiger partial charge in [-0.2, -0.15) is 0 Å². The third-order valence-electron chi connectivity index (χ3n) is 2.85. The summed E-state index contributed by atoms with van der Waals surface area (Å²) in [7, 11) is 1.63. The van der Waals surface area contributed by atoms with E-state index < -0.39 is 0 Å². The molecular formula is C16H19BrN2O2. The number of methoxy groups -OCH3 is 1. The molecule has 0 atom stereocenters. The maximum absolute atomic E-state index is 5.89. The van der Waals surface area contributed by atoms with Crippen molar-refractivity contribution in [1.29, 1.82) is 0 Å². The summed E-state index contributed by atoms with van der Waals surface area (Å²) < 4.78 is 12.0. The summed E-state index contributed by atoms with van der Waals surface area (Å²) in [6.45, 7) is 4.91. The summed E-state index contributed by atoms with van der Waals surface area (Å²) in [5, 5.41) is 3.37. The number of benzene rings is 1. The van der Waals surface area contributed by atoms with Gasteiger partial charge in [-0.1, -0.05) is 19.9 Å². The first kappa shape index (κ1) is 15.8. The first-order valence-electron chi connectivity index (χ1n) is 6.78. The quantitative estimate of drug-likeness (QED) is 0.849. The molecule has 5 heteroatoms. The van der Waals surface area contributed by atoms with Crippen molar-refractivity contribution in [2.45, 2.75) is 26.4 Å². The maximum Gasteiger partial charge on any atom is 0.223 e. The highest BCUT2D eigenvalue weighted by atomic mass is 79.9. The second-order valence-corrected chi connectivity index (χ2v) is 5.85. The van der Waals surface area contributed by atoms with Gasteiger partial charge in [0.15, 0.2) is 0 Å². The van der Waals surface area contributed by atoms with Gasteiger partial charge in [0.1, 0.15) is 11.5 Å². The molecule has 1 aromatic carbocycles. The highest BCUT2D eigenvalue weighted by Crippen LogP contribution is 2.27. The molecule has 0 saturated heterocycles. The molecule has 21 heavy (non-hydrogen) atoms. The van der Waals surface area contributed by atoms with Crippen molar-refractivity contribution >= 4 is 15.9 Å². The van der Waals surface area contributed by atoms with E-state index in [1.165, 1.54) is 0 Å². The van der Waals surface area contributed by atoms with Crippen LogP contribution in [0.2, 0.25) is 0 Å². The van der Waals surface area contributed by atoms with Gasteiger partial charge < -0.3 is 14.8 Å². The summed E-state index contributed by atoms with van der Waals surface area (Å²) in [6, 6.07) is 9.89. The molecule has 0 bridgehead atoms. The molecule has 0 fully saturated rings. The lowest BCUT2D eigenvalue weighted by atomic mass is 10.2. The van der Waals surface area contributed by atoms with Gasteiger partial charge in [0.2, 0.25) is 5.88 Å². The normalized spacial score (nSPS) is 10.7. The largest absolute Gasteiger partial charge is 0.497 e. The summed E-state index contributed by atoms with van der Waals surface area (Å²) in [5.41, 5.74) is 1.00. The zero-order valence-corrected chi connectivity index (χ0v) is 14.0. The number of rotatable bonds is 6. The van der Waals surface area contributed by atoms with Crippen LogP contribution >= 0.6 is 15.9 Å². The second kappa shape index (κ2) is 7.43. The van der Waals surface area contributed by atoms with Crippen molar-refractivity contribution in [3.05, 3.63) is 46.6 Å². The molecule has 2 rings (SSSR count). The standard InChI is InChI=1S/C16H19BrN2O2/c1-11(2)18-9-12-7-13(17)10-19-16(12)21-15-6-4-5-14(8-15)20-3/h4-8,10-11,18H,9H2,1-3H3. The van der Waals surface area contributed by atoms with E-state index in [1.807, 2.05) is 30.3 Å². The lowest BCUT2D eigenvalue weighted by Gasteiger charge is -2.13. The predicted molar refractivity (Wildman–Crippen MR) is 87.0 cm³/mol. The minimum Gasteiger partial charge on any atom is -0.497 e. The number of ether oxygens (including phenoxy) is 2. The van der Waals surface area contributed by atoms with E-state index >= 15 is 0 Å². The molecule has 112 valence electrons. The Kier molecular flexibility index (Phi) is 5.59. The average Bonchev–Trinajstić information content (AvgIpc) is 2.47. The van der Waals surface area contributed by atoms with Gasteiger partial charge in [-0.05, 0) is 34.1 Å². The van der Waals surface area contributed by atoms with Gasteiger partial charge in [-0.15, -0.1) is 0 Å². The third-order valence-corrected chi connectivity index (χ3v) is 3.28. The molecule has 2 aromatic rings. The Labute approximate surface area is 133 Å². The van der Waals surface area contributed by atoms with E-state index in [4.69, 9.17) is 9.47 Å². The Morgan fingerprint density at radius 1 is 1.24 bits per heavy atom. The van der Waals surface area contributed by atoms with E-state index in [-0.39, 0.29) is 0 Å². The Morgan fingerprint density at radius 2 is 2.00 bits per heavy atom. The average molecular weight is 351 g/mol. The van der Waals surface area contributed by atoms with Gasteiger partial charge in [-0.3, -0.25) is 0 Å². The smallest absolute Gasteiger partial charge is 0.223 e. The Balaban J connectivity index is 2.21. The molecule has 0 unspecified atom stereocenters. The van der Waals surface area contributed by atoms with E-state index in [1.54, 1.807) is 13.3 Å². The molecule has 0 aliphatic rings. The monoisotopic (exact) mass is 350 g/mol. The maximum atomic E-state index is 5.89. The van der Waals surface area contributed by atoms with Crippen LogP contribution in [0, 0.1) is 0 Å². The predicted octanol–water partition coefficient (Wildman–Crippen LogP) is 4.14. The van der Waals surface area contributed by atoms with Gasteiger partial charge >= 0.3 is 0 Å².